The largest absolute Gasteiger partial charge is 0.481 e. The Labute approximate surface area is 84.4 Å². The van der Waals surface area contributed by atoms with Gasteiger partial charge in [-0.25, -0.2) is 9.78 Å². The molecule has 0 aliphatic rings. The van der Waals surface area contributed by atoms with Crippen molar-refractivity contribution < 1.29 is 9.90 Å². The van der Waals surface area contributed by atoms with Gasteiger partial charge in [0.15, 0.2) is 0 Å². The van der Waals surface area contributed by atoms with Crippen LogP contribution in [-0.4, -0.2) is 21.0 Å². The molecule has 5 nitrogen and oxygen atoms in total. The number of benzene rings is 1. The van der Waals surface area contributed by atoms with Gasteiger partial charge in [-0.15, -0.1) is 0 Å². The van der Waals surface area contributed by atoms with Crippen molar-refractivity contribution in [2.24, 2.45) is 0 Å². The second-order valence-corrected chi connectivity index (χ2v) is 3.18. The maximum Gasteiger partial charge on any atom is 0.345 e. The number of rotatable bonds is 2. The highest BCUT2D eigenvalue weighted by molar-refractivity contribution is 5.79. The molecule has 0 spiro atoms. The van der Waals surface area contributed by atoms with E-state index < -0.39 is 11.7 Å². The fourth-order valence-corrected chi connectivity index (χ4v) is 1.38. The van der Waals surface area contributed by atoms with E-state index in [4.69, 9.17) is 5.11 Å². The van der Waals surface area contributed by atoms with Crippen LogP contribution in [0.1, 0.15) is 5.56 Å². The number of aliphatic carboxylic acids is 1. The summed E-state index contributed by atoms with van der Waals surface area (Å²) in [6.45, 7) is 0. The van der Waals surface area contributed by atoms with Crippen LogP contribution >= 0.6 is 0 Å². The van der Waals surface area contributed by atoms with E-state index in [-0.39, 0.29) is 6.42 Å². The number of H-pyrrole nitrogens is 1. The van der Waals surface area contributed by atoms with E-state index in [1.807, 2.05) is 0 Å². The van der Waals surface area contributed by atoms with Gasteiger partial charge in [0.05, 0.1) is 11.9 Å². The number of carboxylic acids is 1. The molecule has 0 radical (unpaired) electrons. The average Bonchev–Trinajstić information content (AvgIpc) is 2.16. The minimum absolute atomic E-state index is 0.0553. The lowest BCUT2D eigenvalue weighted by molar-refractivity contribution is -0.136. The van der Waals surface area contributed by atoms with Crippen molar-refractivity contribution in [2.75, 3.05) is 0 Å². The molecule has 0 fully saturated rings. The van der Waals surface area contributed by atoms with Gasteiger partial charge in [0.1, 0.15) is 0 Å². The van der Waals surface area contributed by atoms with Gasteiger partial charge >= 0.3 is 11.7 Å². The first-order valence-corrected chi connectivity index (χ1v) is 4.35. The van der Waals surface area contributed by atoms with Crippen LogP contribution in [0.3, 0.4) is 0 Å². The van der Waals surface area contributed by atoms with Crippen LogP contribution in [0.5, 0.6) is 0 Å². The highest BCUT2D eigenvalue weighted by atomic mass is 16.4. The van der Waals surface area contributed by atoms with Crippen LogP contribution in [-0.2, 0) is 11.2 Å². The molecule has 2 rings (SSSR count). The van der Waals surface area contributed by atoms with Crippen molar-refractivity contribution in [2.45, 2.75) is 6.42 Å². The predicted molar refractivity (Wildman–Crippen MR) is 53.7 cm³/mol. The number of hydrogen-bond acceptors (Lipinski definition) is 3. The first kappa shape index (κ1) is 9.39. The van der Waals surface area contributed by atoms with Crippen LogP contribution < -0.4 is 5.69 Å². The summed E-state index contributed by atoms with van der Waals surface area (Å²) < 4.78 is 0. The van der Waals surface area contributed by atoms with Gasteiger partial charge in [0.25, 0.3) is 0 Å². The van der Waals surface area contributed by atoms with E-state index in [9.17, 15) is 9.59 Å². The molecule has 0 unspecified atom stereocenters. The van der Waals surface area contributed by atoms with Crippen LogP contribution in [0.15, 0.2) is 29.2 Å². The van der Waals surface area contributed by atoms with Crippen molar-refractivity contribution >= 4 is 16.9 Å². The van der Waals surface area contributed by atoms with Crippen molar-refractivity contribution in [3.8, 4) is 0 Å². The number of fused-ring (bicyclic) bond motifs is 1. The quantitative estimate of drug-likeness (QED) is 0.748. The Bertz CT molecular complexity index is 574. The molecule has 0 aliphatic carbocycles. The molecule has 0 aliphatic heterocycles. The molecule has 1 heterocycles. The number of hydrogen-bond donors (Lipinski definition) is 2. The van der Waals surface area contributed by atoms with Gasteiger partial charge in [0, 0.05) is 11.6 Å². The first-order chi connectivity index (χ1) is 7.15. The number of aromatic amines is 1. The average molecular weight is 204 g/mol. The van der Waals surface area contributed by atoms with Crippen LogP contribution in [0.2, 0.25) is 0 Å². The molecule has 2 aromatic rings. The lowest BCUT2D eigenvalue weighted by Crippen LogP contribution is -2.09. The SMILES string of the molecule is O=C(O)Cc1ccc2cnc(=O)[nH]c2c1. The number of nitrogens with zero attached hydrogens (tertiary/aromatic N) is 1. The molecule has 76 valence electrons. The van der Waals surface area contributed by atoms with E-state index in [0.29, 0.717) is 11.1 Å². The maximum atomic E-state index is 10.9. The van der Waals surface area contributed by atoms with E-state index in [1.54, 1.807) is 18.2 Å². The van der Waals surface area contributed by atoms with Crippen molar-refractivity contribution in [3.05, 3.63) is 40.4 Å². The number of aromatic nitrogens is 2. The lowest BCUT2D eigenvalue weighted by atomic mass is 10.1. The zero-order valence-electron chi connectivity index (χ0n) is 7.73. The summed E-state index contributed by atoms with van der Waals surface area (Å²) in [7, 11) is 0. The number of carbonyl (C=O) groups is 1. The molecule has 15 heavy (non-hydrogen) atoms. The smallest absolute Gasteiger partial charge is 0.345 e. The lowest BCUT2D eigenvalue weighted by Gasteiger charge is -1.99. The Morgan fingerprint density at radius 3 is 3.00 bits per heavy atom. The molecule has 2 N–H and O–H groups in total. The summed E-state index contributed by atoms with van der Waals surface area (Å²) >= 11 is 0. The Morgan fingerprint density at radius 2 is 2.27 bits per heavy atom. The molecular formula is C10H8N2O3. The van der Waals surface area contributed by atoms with Gasteiger partial charge in [-0.1, -0.05) is 12.1 Å². The van der Waals surface area contributed by atoms with E-state index >= 15 is 0 Å². The zero-order valence-corrected chi connectivity index (χ0v) is 7.73. The number of carboxylic acid groups (broad SMARTS) is 1. The summed E-state index contributed by atoms with van der Waals surface area (Å²) in [5.41, 5.74) is 0.820. The van der Waals surface area contributed by atoms with E-state index in [2.05, 4.69) is 9.97 Å². The van der Waals surface area contributed by atoms with Crippen molar-refractivity contribution in [1.29, 1.82) is 0 Å². The zero-order chi connectivity index (χ0) is 10.8. The molecular weight excluding hydrogens is 196 g/mol. The van der Waals surface area contributed by atoms with E-state index in [0.717, 1.165) is 5.39 Å². The third kappa shape index (κ3) is 2.01. The third-order valence-corrected chi connectivity index (χ3v) is 2.04. The van der Waals surface area contributed by atoms with Gasteiger partial charge in [-0.05, 0) is 11.6 Å². The fourth-order valence-electron chi connectivity index (χ4n) is 1.38. The van der Waals surface area contributed by atoms with Gasteiger partial charge in [-0.2, -0.15) is 0 Å². The van der Waals surface area contributed by atoms with Gasteiger partial charge in [0.2, 0.25) is 0 Å². The molecule has 0 atom stereocenters. The molecule has 0 bridgehead atoms. The van der Waals surface area contributed by atoms with Gasteiger partial charge < -0.3 is 10.1 Å². The van der Waals surface area contributed by atoms with Crippen molar-refractivity contribution in [3.63, 3.8) is 0 Å². The summed E-state index contributed by atoms with van der Waals surface area (Å²) in [5.74, 6) is -0.897. The monoisotopic (exact) mass is 204 g/mol. The van der Waals surface area contributed by atoms with Crippen LogP contribution in [0.4, 0.5) is 0 Å². The molecule has 0 saturated carbocycles. The molecule has 1 aromatic carbocycles. The maximum absolute atomic E-state index is 10.9. The Kier molecular flexibility index (Phi) is 2.21. The van der Waals surface area contributed by atoms with Crippen molar-refractivity contribution in [1.82, 2.24) is 9.97 Å². The highest BCUT2D eigenvalue weighted by Gasteiger charge is 2.02. The molecule has 0 amide bonds. The second kappa shape index (κ2) is 3.53. The summed E-state index contributed by atoms with van der Waals surface area (Å²) in [6.07, 6.45) is 1.40. The normalized spacial score (nSPS) is 10.4. The fraction of sp³-hybridized carbons (Fsp3) is 0.100. The van der Waals surface area contributed by atoms with E-state index in [1.165, 1.54) is 6.20 Å². The molecule has 5 heteroatoms. The minimum Gasteiger partial charge on any atom is -0.481 e. The minimum atomic E-state index is -0.897. The number of nitrogens with one attached hydrogen (secondary N) is 1. The predicted octanol–water partition coefficient (Wildman–Crippen LogP) is 0.550. The van der Waals surface area contributed by atoms with Crippen LogP contribution in [0, 0.1) is 0 Å². The Morgan fingerprint density at radius 1 is 1.47 bits per heavy atom. The molecule has 0 saturated heterocycles. The molecule has 1 aromatic heterocycles. The standard InChI is InChI=1S/C10H8N2O3/c13-9(14)4-6-1-2-7-5-11-10(15)12-8(7)3-6/h1-3,5H,4H2,(H,13,14)(H,11,12,15). The topological polar surface area (TPSA) is 83.0 Å². The Hall–Kier alpha value is -2.17. The van der Waals surface area contributed by atoms with Gasteiger partial charge in [-0.3, -0.25) is 4.79 Å². The first-order valence-electron chi connectivity index (χ1n) is 4.35. The summed E-state index contributed by atoms with van der Waals surface area (Å²) in [5, 5.41) is 9.39. The highest BCUT2D eigenvalue weighted by Crippen LogP contribution is 2.11. The third-order valence-electron chi connectivity index (χ3n) is 2.04. The van der Waals surface area contributed by atoms with Crippen LogP contribution in [0.25, 0.3) is 10.9 Å². The summed E-state index contributed by atoms with van der Waals surface area (Å²) in [4.78, 5) is 27.5. The second-order valence-electron chi connectivity index (χ2n) is 3.18. The summed E-state index contributed by atoms with van der Waals surface area (Å²) in [6, 6.07) is 5.08. The Balaban J connectivity index is 2.54.